The highest BCUT2D eigenvalue weighted by atomic mass is 35.5. The van der Waals surface area contributed by atoms with E-state index in [0.29, 0.717) is 10.6 Å². The van der Waals surface area contributed by atoms with Gasteiger partial charge in [0.1, 0.15) is 5.82 Å². The fourth-order valence-electron chi connectivity index (χ4n) is 1.52. The van der Waals surface area contributed by atoms with E-state index in [9.17, 15) is 4.39 Å². The first-order chi connectivity index (χ1) is 9.02. The maximum absolute atomic E-state index is 13.9. The van der Waals surface area contributed by atoms with E-state index in [4.69, 9.17) is 40.0 Å². The Hall–Kier alpha value is -1.36. The number of oxime groups is 1. The van der Waals surface area contributed by atoms with Crippen molar-refractivity contribution < 1.29 is 9.60 Å². The van der Waals surface area contributed by atoms with Crippen molar-refractivity contribution in [2.75, 3.05) is 0 Å². The lowest BCUT2D eigenvalue weighted by molar-refractivity contribution is 0.322. The molecule has 0 amide bonds. The van der Waals surface area contributed by atoms with Gasteiger partial charge in [0.25, 0.3) is 0 Å². The fraction of sp³-hybridized carbons (Fsp3) is 0. The van der Waals surface area contributed by atoms with Crippen molar-refractivity contribution in [3.63, 3.8) is 0 Å². The molecular formula is C12H6Cl3FN2O. The van der Waals surface area contributed by atoms with Crippen LogP contribution in [0.1, 0.15) is 5.56 Å². The first kappa shape index (κ1) is 14.1. The largest absolute Gasteiger partial charge is 0.411 e. The summed E-state index contributed by atoms with van der Waals surface area (Å²) in [6.45, 7) is 0. The molecule has 98 valence electrons. The second-order valence-corrected chi connectivity index (χ2v) is 4.83. The lowest BCUT2D eigenvalue weighted by Gasteiger charge is -2.07. The van der Waals surface area contributed by atoms with Crippen LogP contribution >= 0.6 is 34.8 Å². The van der Waals surface area contributed by atoms with E-state index in [1.165, 1.54) is 18.3 Å². The van der Waals surface area contributed by atoms with Crippen LogP contribution in [-0.2, 0) is 0 Å². The molecule has 0 saturated heterocycles. The van der Waals surface area contributed by atoms with E-state index in [-0.39, 0.29) is 21.3 Å². The summed E-state index contributed by atoms with van der Waals surface area (Å²) in [6.07, 6.45) is 2.45. The quantitative estimate of drug-likeness (QED) is 0.497. The number of aromatic nitrogens is 1. The fourth-order valence-corrected chi connectivity index (χ4v) is 2.20. The molecule has 1 aromatic carbocycles. The van der Waals surface area contributed by atoms with Gasteiger partial charge in [-0.3, -0.25) is 4.98 Å². The van der Waals surface area contributed by atoms with Gasteiger partial charge in [-0.15, -0.1) is 0 Å². The van der Waals surface area contributed by atoms with Gasteiger partial charge in [-0.05, 0) is 18.2 Å². The third-order valence-electron chi connectivity index (χ3n) is 2.35. The summed E-state index contributed by atoms with van der Waals surface area (Å²) in [4.78, 5) is 3.99. The van der Waals surface area contributed by atoms with Crippen LogP contribution < -0.4 is 0 Å². The Labute approximate surface area is 123 Å². The zero-order chi connectivity index (χ0) is 14.0. The number of halogens is 4. The molecule has 1 aromatic heterocycles. The molecule has 7 heteroatoms. The average molecular weight is 320 g/mol. The molecule has 1 heterocycles. The summed E-state index contributed by atoms with van der Waals surface area (Å²) < 4.78 is 13.9. The number of pyridine rings is 1. The van der Waals surface area contributed by atoms with E-state index >= 15 is 0 Å². The number of nitrogens with zero attached hydrogens (tertiary/aromatic N) is 2. The van der Waals surface area contributed by atoms with Gasteiger partial charge in [0.15, 0.2) is 0 Å². The topological polar surface area (TPSA) is 45.5 Å². The minimum Gasteiger partial charge on any atom is -0.411 e. The molecule has 0 aliphatic rings. The Kier molecular flexibility index (Phi) is 4.24. The molecule has 0 aliphatic carbocycles. The number of hydrogen-bond donors (Lipinski definition) is 1. The molecule has 1 N–H and O–H groups in total. The third-order valence-corrected chi connectivity index (χ3v) is 3.17. The van der Waals surface area contributed by atoms with Crippen molar-refractivity contribution in [3.05, 3.63) is 50.8 Å². The zero-order valence-electron chi connectivity index (χ0n) is 9.24. The molecule has 2 aromatic rings. The van der Waals surface area contributed by atoms with Crippen molar-refractivity contribution in [3.8, 4) is 11.3 Å². The highest BCUT2D eigenvalue weighted by Gasteiger charge is 2.14. The van der Waals surface area contributed by atoms with Crippen molar-refractivity contribution in [2.45, 2.75) is 0 Å². The summed E-state index contributed by atoms with van der Waals surface area (Å²) in [7, 11) is 0. The maximum atomic E-state index is 13.9. The Bertz CT molecular complexity index is 662. The highest BCUT2D eigenvalue weighted by molar-refractivity contribution is 6.36. The van der Waals surface area contributed by atoms with Crippen LogP contribution in [0.5, 0.6) is 0 Å². The first-order valence-corrected chi connectivity index (χ1v) is 6.14. The monoisotopic (exact) mass is 318 g/mol. The molecule has 0 atom stereocenters. The summed E-state index contributed by atoms with van der Waals surface area (Å²) in [5.41, 5.74) is 0.710. The molecule has 19 heavy (non-hydrogen) atoms. The molecule has 0 unspecified atom stereocenters. The Morgan fingerprint density at radius 2 is 1.89 bits per heavy atom. The average Bonchev–Trinajstić information content (AvgIpc) is 2.34. The van der Waals surface area contributed by atoms with E-state index in [2.05, 4.69) is 10.1 Å². The molecule has 0 bridgehead atoms. The van der Waals surface area contributed by atoms with Crippen LogP contribution in [0.15, 0.2) is 29.6 Å². The van der Waals surface area contributed by atoms with Crippen molar-refractivity contribution in [1.82, 2.24) is 4.98 Å². The van der Waals surface area contributed by atoms with Crippen LogP contribution in [0.4, 0.5) is 4.39 Å². The molecular weight excluding hydrogens is 314 g/mol. The Morgan fingerprint density at radius 3 is 2.53 bits per heavy atom. The molecule has 0 fully saturated rings. The lowest BCUT2D eigenvalue weighted by atomic mass is 10.1. The third kappa shape index (κ3) is 2.97. The van der Waals surface area contributed by atoms with Crippen molar-refractivity contribution in [1.29, 1.82) is 0 Å². The van der Waals surface area contributed by atoms with E-state index < -0.39 is 5.82 Å². The SMILES string of the molecule is ON=Cc1cc(-c2ncc(Cl)cc2Cl)c(F)cc1Cl. The second kappa shape index (κ2) is 5.74. The van der Waals surface area contributed by atoms with Gasteiger partial charge >= 0.3 is 0 Å². The zero-order valence-corrected chi connectivity index (χ0v) is 11.5. The van der Waals surface area contributed by atoms with Gasteiger partial charge in [0.2, 0.25) is 0 Å². The summed E-state index contributed by atoms with van der Waals surface area (Å²) in [5, 5.41) is 12.1. The number of rotatable bonds is 2. The minimum absolute atomic E-state index is 0.115. The van der Waals surface area contributed by atoms with Crippen LogP contribution in [0.3, 0.4) is 0 Å². The van der Waals surface area contributed by atoms with Gasteiger partial charge in [-0.2, -0.15) is 0 Å². The minimum atomic E-state index is -0.586. The standard InChI is InChI=1S/C12H6Cl3FN2O/c13-7-2-10(15)12(17-5-7)8-1-6(4-18-19)9(14)3-11(8)16/h1-5,19H. The smallest absolute Gasteiger partial charge is 0.134 e. The molecule has 0 saturated carbocycles. The van der Waals surface area contributed by atoms with Gasteiger partial charge < -0.3 is 5.21 Å². The van der Waals surface area contributed by atoms with Crippen LogP contribution in [0.25, 0.3) is 11.3 Å². The molecule has 0 aliphatic heterocycles. The maximum Gasteiger partial charge on any atom is 0.134 e. The Morgan fingerprint density at radius 1 is 1.16 bits per heavy atom. The second-order valence-electron chi connectivity index (χ2n) is 3.58. The van der Waals surface area contributed by atoms with Crippen molar-refractivity contribution in [2.24, 2.45) is 5.16 Å². The molecule has 0 radical (unpaired) electrons. The predicted molar refractivity (Wildman–Crippen MR) is 74.0 cm³/mol. The van der Waals surface area contributed by atoms with Crippen molar-refractivity contribution >= 4 is 41.0 Å². The highest BCUT2D eigenvalue weighted by Crippen LogP contribution is 2.32. The van der Waals surface area contributed by atoms with Gasteiger partial charge in [-0.1, -0.05) is 40.0 Å². The van der Waals surface area contributed by atoms with Crippen LogP contribution in [-0.4, -0.2) is 16.4 Å². The number of benzene rings is 1. The summed E-state index contributed by atoms with van der Waals surface area (Å²) in [6, 6.07) is 3.94. The van der Waals surface area contributed by atoms with E-state index in [1.54, 1.807) is 0 Å². The van der Waals surface area contributed by atoms with Crippen LogP contribution in [0, 0.1) is 5.82 Å². The molecule has 3 nitrogen and oxygen atoms in total. The summed E-state index contributed by atoms with van der Waals surface area (Å²) >= 11 is 17.5. The predicted octanol–water partition coefficient (Wildman–Crippen LogP) is 4.66. The lowest BCUT2D eigenvalue weighted by Crippen LogP contribution is -1.93. The van der Waals surface area contributed by atoms with Gasteiger partial charge in [0.05, 0.1) is 27.0 Å². The Balaban J connectivity index is 2.64. The summed E-state index contributed by atoms with van der Waals surface area (Å²) in [5.74, 6) is -0.586. The van der Waals surface area contributed by atoms with E-state index in [0.717, 1.165) is 12.3 Å². The van der Waals surface area contributed by atoms with E-state index in [1.807, 2.05) is 0 Å². The molecule has 0 spiro atoms. The normalized spacial score (nSPS) is 11.2. The van der Waals surface area contributed by atoms with Gasteiger partial charge in [-0.25, -0.2) is 4.39 Å². The first-order valence-electron chi connectivity index (χ1n) is 5.01. The number of hydrogen-bond acceptors (Lipinski definition) is 3. The molecule has 2 rings (SSSR count). The van der Waals surface area contributed by atoms with Gasteiger partial charge in [0, 0.05) is 17.3 Å². The van der Waals surface area contributed by atoms with Crippen LogP contribution in [0.2, 0.25) is 15.1 Å².